The van der Waals surface area contributed by atoms with Crippen LogP contribution in [0.1, 0.15) is 37.4 Å². The highest BCUT2D eigenvalue weighted by Gasteiger charge is 2.27. The monoisotopic (exact) mass is 314 g/mol. The fourth-order valence-corrected chi connectivity index (χ4v) is 4.34. The Kier molecular flexibility index (Phi) is 5.40. The van der Waals surface area contributed by atoms with Gasteiger partial charge in [-0.1, -0.05) is 6.92 Å². The van der Waals surface area contributed by atoms with Gasteiger partial charge in [-0.15, -0.1) is 0 Å². The first-order chi connectivity index (χ1) is 9.92. The maximum absolute atomic E-state index is 12.0. The fourth-order valence-electron chi connectivity index (χ4n) is 2.80. The largest absolute Gasteiger partial charge is 0.310 e. The van der Waals surface area contributed by atoms with Crippen LogP contribution in [0.15, 0.2) is 6.20 Å². The van der Waals surface area contributed by atoms with Crippen LogP contribution in [0.25, 0.3) is 0 Å². The third-order valence-electron chi connectivity index (χ3n) is 4.01. The lowest BCUT2D eigenvalue weighted by Gasteiger charge is -2.31. The SMILES string of the molecule is CCCS(=O)(=O)N1CCC(NCc2cn(C)nc2C)CC1. The molecule has 2 rings (SSSR count). The Morgan fingerprint density at radius 1 is 1.38 bits per heavy atom. The molecule has 0 atom stereocenters. The molecule has 1 saturated heterocycles. The molecule has 0 saturated carbocycles. The van der Waals surface area contributed by atoms with E-state index < -0.39 is 10.0 Å². The number of aromatic nitrogens is 2. The average Bonchev–Trinajstić information content (AvgIpc) is 2.75. The Labute approximate surface area is 127 Å². The van der Waals surface area contributed by atoms with Gasteiger partial charge in [0.25, 0.3) is 0 Å². The molecule has 1 N–H and O–H groups in total. The van der Waals surface area contributed by atoms with Crippen molar-refractivity contribution in [3.05, 3.63) is 17.5 Å². The first-order valence-corrected chi connectivity index (χ1v) is 9.23. The maximum atomic E-state index is 12.0. The lowest BCUT2D eigenvalue weighted by atomic mass is 10.1. The van der Waals surface area contributed by atoms with Gasteiger partial charge in [0.1, 0.15) is 0 Å². The molecular weight excluding hydrogens is 288 g/mol. The number of piperidine rings is 1. The van der Waals surface area contributed by atoms with Crippen molar-refractivity contribution in [2.45, 2.75) is 45.7 Å². The Hall–Kier alpha value is -0.920. The summed E-state index contributed by atoms with van der Waals surface area (Å²) in [7, 11) is -1.11. The molecule has 7 heteroatoms. The first-order valence-electron chi connectivity index (χ1n) is 7.62. The van der Waals surface area contributed by atoms with E-state index in [2.05, 4.69) is 10.4 Å². The molecule has 0 amide bonds. The molecule has 21 heavy (non-hydrogen) atoms. The van der Waals surface area contributed by atoms with E-state index >= 15 is 0 Å². The van der Waals surface area contributed by atoms with Crippen LogP contribution in [0, 0.1) is 6.92 Å². The maximum Gasteiger partial charge on any atom is 0.214 e. The smallest absolute Gasteiger partial charge is 0.214 e. The molecule has 0 aliphatic carbocycles. The minimum Gasteiger partial charge on any atom is -0.310 e. The van der Waals surface area contributed by atoms with Gasteiger partial charge in [0.2, 0.25) is 10.0 Å². The van der Waals surface area contributed by atoms with E-state index in [1.807, 2.05) is 31.8 Å². The highest BCUT2D eigenvalue weighted by Crippen LogP contribution is 2.16. The molecule has 1 aromatic rings. The van der Waals surface area contributed by atoms with Crippen molar-refractivity contribution < 1.29 is 8.42 Å². The summed E-state index contributed by atoms with van der Waals surface area (Å²) in [6.45, 7) is 5.98. The standard InChI is InChI=1S/C14H26N4O2S/c1-4-9-21(19,20)18-7-5-14(6-8-18)15-10-13-11-17(3)16-12(13)2/h11,14-15H,4-10H2,1-3H3. The van der Waals surface area contributed by atoms with Gasteiger partial charge in [-0.05, 0) is 26.2 Å². The van der Waals surface area contributed by atoms with Crippen molar-refractivity contribution in [1.82, 2.24) is 19.4 Å². The van der Waals surface area contributed by atoms with Gasteiger partial charge in [-0.3, -0.25) is 4.68 Å². The van der Waals surface area contributed by atoms with Crippen molar-refractivity contribution in [2.24, 2.45) is 7.05 Å². The molecule has 1 aromatic heterocycles. The molecule has 0 spiro atoms. The highest BCUT2D eigenvalue weighted by atomic mass is 32.2. The minimum absolute atomic E-state index is 0.264. The van der Waals surface area contributed by atoms with Crippen molar-refractivity contribution >= 4 is 10.0 Å². The van der Waals surface area contributed by atoms with Crippen LogP contribution < -0.4 is 5.32 Å². The molecule has 1 fully saturated rings. The number of nitrogens with zero attached hydrogens (tertiary/aromatic N) is 3. The molecule has 120 valence electrons. The zero-order valence-corrected chi connectivity index (χ0v) is 14.0. The predicted molar refractivity (Wildman–Crippen MR) is 83.5 cm³/mol. The predicted octanol–water partition coefficient (Wildman–Crippen LogP) is 1.02. The van der Waals surface area contributed by atoms with Crippen LogP contribution in [0.2, 0.25) is 0 Å². The van der Waals surface area contributed by atoms with Crippen LogP contribution in [0.4, 0.5) is 0 Å². The van der Waals surface area contributed by atoms with Gasteiger partial charge < -0.3 is 5.32 Å². The zero-order chi connectivity index (χ0) is 15.5. The van der Waals surface area contributed by atoms with Gasteiger partial charge in [-0.2, -0.15) is 5.10 Å². The Bertz CT molecular complexity index is 560. The normalized spacial score (nSPS) is 18.2. The molecule has 1 aliphatic heterocycles. The van der Waals surface area contributed by atoms with Gasteiger partial charge in [0.05, 0.1) is 11.4 Å². The molecule has 0 radical (unpaired) electrons. The Morgan fingerprint density at radius 2 is 2.05 bits per heavy atom. The molecule has 1 aliphatic rings. The van der Waals surface area contributed by atoms with E-state index in [4.69, 9.17) is 0 Å². The van der Waals surface area contributed by atoms with E-state index in [9.17, 15) is 8.42 Å². The average molecular weight is 314 g/mol. The third kappa shape index (κ3) is 4.28. The topological polar surface area (TPSA) is 67.2 Å². The molecule has 0 bridgehead atoms. The van der Waals surface area contributed by atoms with Gasteiger partial charge >= 0.3 is 0 Å². The van der Waals surface area contributed by atoms with E-state index in [1.165, 1.54) is 5.56 Å². The number of sulfonamides is 1. The highest BCUT2D eigenvalue weighted by molar-refractivity contribution is 7.89. The van der Waals surface area contributed by atoms with E-state index in [0.717, 1.165) is 25.1 Å². The van der Waals surface area contributed by atoms with Crippen molar-refractivity contribution in [2.75, 3.05) is 18.8 Å². The second-order valence-electron chi connectivity index (χ2n) is 5.78. The second-order valence-corrected chi connectivity index (χ2v) is 7.87. The summed E-state index contributed by atoms with van der Waals surface area (Å²) in [5.41, 5.74) is 2.26. The summed E-state index contributed by atoms with van der Waals surface area (Å²) in [5.74, 6) is 0.264. The molecule has 6 nitrogen and oxygen atoms in total. The van der Waals surface area contributed by atoms with Crippen LogP contribution in [-0.2, 0) is 23.6 Å². The van der Waals surface area contributed by atoms with Crippen molar-refractivity contribution in [1.29, 1.82) is 0 Å². The first kappa shape index (κ1) is 16.5. The summed E-state index contributed by atoms with van der Waals surface area (Å²) in [5, 5.41) is 7.85. The molecule has 0 unspecified atom stereocenters. The van der Waals surface area contributed by atoms with Gasteiger partial charge in [-0.25, -0.2) is 12.7 Å². The number of hydrogen-bond acceptors (Lipinski definition) is 4. The number of hydrogen-bond donors (Lipinski definition) is 1. The van der Waals surface area contributed by atoms with Crippen LogP contribution in [0.5, 0.6) is 0 Å². The van der Waals surface area contributed by atoms with Crippen LogP contribution in [-0.4, -0.2) is 47.4 Å². The molecular formula is C14H26N4O2S. The summed E-state index contributed by atoms with van der Waals surface area (Å²) in [6.07, 6.45) is 4.47. The van der Waals surface area contributed by atoms with Crippen molar-refractivity contribution in [3.8, 4) is 0 Å². The van der Waals surface area contributed by atoms with E-state index in [0.29, 0.717) is 25.6 Å². The summed E-state index contributed by atoms with van der Waals surface area (Å²) in [6, 6.07) is 0.387. The van der Waals surface area contributed by atoms with E-state index in [1.54, 1.807) is 4.31 Å². The number of nitrogens with one attached hydrogen (secondary N) is 1. The summed E-state index contributed by atoms with van der Waals surface area (Å²) >= 11 is 0. The van der Waals surface area contributed by atoms with Gasteiger partial charge in [0, 0.05) is 44.5 Å². The summed E-state index contributed by atoms with van der Waals surface area (Å²) in [4.78, 5) is 0. The van der Waals surface area contributed by atoms with E-state index in [-0.39, 0.29) is 5.75 Å². The quantitative estimate of drug-likeness (QED) is 0.851. The lowest BCUT2D eigenvalue weighted by Crippen LogP contribution is -2.45. The fraction of sp³-hybridized carbons (Fsp3) is 0.786. The second kappa shape index (κ2) is 6.89. The minimum atomic E-state index is -3.04. The Morgan fingerprint density at radius 3 is 2.57 bits per heavy atom. The van der Waals surface area contributed by atoms with Crippen LogP contribution >= 0.6 is 0 Å². The Balaban J connectivity index is 1.81. The third-order valence-corrected chi connectivity index (χ3v) is 6.08. The number of rotatable bonds is 6. The zero-order valence-electron chi connectivity index (χ0n) is 13.2. The lowest BCUT2D eigenvalue weighted by molar-refractivity contribution is 0.288. The molecule has 0 aromatic carbocycles. The number of aryl methyl sites for hydroxylation is 2. The van der Waals surface area contributed by atoms with Crippen molar-refractivity contribution in [3.63, 3.8) is 0 Å². The van der Waals surface area contributed by atoms with Gasteiger partial charge in [0.15, 0.2) is 0 Å². The molecule has 2 heterocycles. The van der Waals surface area contributed by atoms with Crippen LogP contribution in [0.3, 0.4) is 0 Å². The summed E-state index contributed by atoms with van der Waals surface area (Å²) < 4.78 is 27.5.